The van der Waals surface area contributed by atoms with Crippen LogP contribution >= 0.6 is 18.9 Å². The number of piperidine rings is 2. The van der Waals surface area contributed by atoms with Gasteiger partial charge in [0.25, 0.3) is 18.2 Å². The molecule has 6 atom stereocenters. The van der Waals surface area contributed by atoms with Gasteiger partial charge in [-0.15, -0.1) is 11.3 Å². The summed E-state index contributed by atoms with van der Waals surface area (Å²) < 4.78 is 69.1. The van der Waals surface area contributed by atoms with Crippen molar-refractivity contribution in [2.24, 2.45) is 11.7 Å². The van der Waals surface area contributed by atoms with Gasteiger partial charge in [-0.25, -0.2) is 8.78 Å². The Morgan fingerprint density at radius 3 is 2.25 bits per heavy atom. The predicted octanol–water partition coefficient (Wildman–Crippen LogP) is 4.86. The van der Waals surface area contributed by atoms with Crippen molar-refractivity contribution in [2.45, 2.75) is 152 Å². The molecule has 89 heavy (non-hydrogen) atoms. The van der Waals surface area contributed by atoms with Gasteiger partial charge in [-0.05, 0) is 110 Å². The summed E-state index contributed by atoms with van der Waals surface area (Å²) in [6, 6.07) is 10.3. The molecular formula is C61H75F4N10O12PS. The van der Waals surface area contributed by atoms with Crippen molar-refractivity contribution in [3.63, 3.8) is 0 Å². The van der Waals surface area contributed by atoms with Crippen LogP contribution in [0.1, 0.15) is 127 Å². The minimum Gasteiger partial charge on any atom is -0.374 e. The van der Waals surface area contributed by atoms with Crippen molar-refractivity contribution in [3.05, 3.63) is 99.4 Å². The monoisotopic (exact) mass is 1280 g/mol. The third-order valence-electron chi connectivity index (χ3n) is 17.7. The number of fused-ring (bicyclic) bond motifs is 3. The SMILES string of the molecule is CN(CCC1CCN(C(=O)[C@H](Cc2ccc(C(C)(C)C)cc2)NC(=O)[C@H](CCC(N)=O)NC(=O)[C@@H]2CC[C@@H]3CCN(CC(F)F)C[C@H](NC(=O)c4cc5cc(C(F)(F)P(=O)(O)O)ccc5s4)C(=O)N32)CC1)c1cccc2c1CN(C1CCC(=O)NC1=O)C2=O. The smallest absolute Gasteiger partial charge is 0.374 e. The van der Waals surface area contributed by atoms with E-state index in [1.165, 1.54) is 20.8 Å². The molecule has 3 aromatic carbocycles. The van der Waals surface area contributed by atoms with E-state index in [2.05, 4.69) is 46.9 Å². The number of amides is 9. The van der Waals surface area contributed by atoms with Crippen molar-refractivity contribution in [2.75, 3.05) is 51.2 Å². The first-order chi connectivity index (χ1) is 42.0. The molecule has 4 saturated heterocycles. The highest BCUT2D eigenvalue weighted by Crippen LogP contribution is 2.59. The number of rotatable bonds is 21. The number of carbonyl (C=O) groups is 9. The van der Waals surface area contributed by atoms with Crippen LogP contribution in [0.4, 0.5) is 23.2 Å². The molecule has 5 aliphatic heterocycles. The molecule has 0 aliphatic carbocycles. The standard InChI is InChI=1S/C61H75F4N10O12PS/c1-60(2,3)37-10-8-35(9-11-37)28-43(58(83)73-26-21-34(22-27-73)20-24-71(4)45-7-5-6-40-41(45)31-74(57(40)82)46-16-19-52(77)70-54(46)79)68-53(78)42(14-18-51(66)76)67-55(80)47-15-13-39-23-25-72(33-50(62)63)32-44(59(84)75(39)47)69-56(81)49-30-36-29-38(12-17-48(36)89-49)61(64,65)88(85,86)87/h5-12,17,29-30,34,39,42-44,46-47,50H,13-16,18-28,31-33H2,1-4H3,(H2,66,76)(H,67,80)(H,68,78)(H,69,81)(H,70,77,79)(H2,85,86,87)/t39-,42+,43+,44+,46?,47+/m1/s1. The molecule has 9 amide bonds. The maximum absolute atomic E-state index is 14.8. The molecule has 6 heterocycles. The number of alkyl halides is 4. The number of carbonyl (C=O) groups excluding carboxylic acids is 9. The van der Waals surface area contributed by atoms with Gasteiger partial charge in [0.15, 0.2) is 0 Å². The number of nitrogens with one attached hydrogen (secondary N) is 4. The van der Waals surface area contributed by atoms with E-state index in [4.69, 9.17) is 5.73 Å². The maximum Gasteiger partial charge on any atom is 0.399 e. The molecule has 0 saturated carbocycles. The zero-order valence-electron chi connectivity index (χ0n) is 49.9. The van der Waals surface area contributed by atoms with Gasteiger partial charge in [0.05, 0.1) is 11.4 Å². The molecule has 0 bridgehead atoms. The van der Waals surface area contributed by atoms with Crippen LogP contribution in [0.25, 0.3) is 10.1 Å². The first-order valence-electron chi connectivity index (χ1n) is 29.8. The fourth-order valence-electron chi connectivity index (χ4n) is 12.7. The summed E-state index contributed by atoms with van der Waals surface area (Å²) in [6.45, 7) is 6.61. The zero-order chi connectivity index (χ0) is 64.4. The summed E-state index contributed by atoms with van der Waals surface area (Å²) in [7, 11) is -4.00. The topological polar surface area (TPSA) is 301 Å². The van der Waals surface area contributed by atoms with E-state index in [1.54, 1.807) is 17.0 Å². The quantitative estimate of drug-likeness (QED) is 0.0333. The van der Waals surface area contributed by atoms with Crippen molar-refractivity contribution in [1.82, 2.24) is 40.9 Å². The second-order valence-corrected chi connectivity index (χ2v) is 27.6. The molecule has 4 fully saturated rings. The minimum absolute atomic E-state index is 0.0286. The Morgan fingerprint density at radius 2 is 1.58 bits per heavy atom. The second-order valence-electron chi connectivity index (χ2n) is 24.9. The number of thiophene rings is 1. The lowest BCUT2D eigenvalue weighted by molar-refractivity contribution is -0.144. The third kappa shape index (κ3) is 15.1. The van der Waals surface area contributed by atoms with Gasteiger partial charge in [0, 0.05) is 98.7 Å². The summed E-state index contributed by atoms with van der Waals surface area (Å²) in [5.41, 5.74) is 3.78. The van der Waals surface area contributed by atoms with Crippen molar-refractivity contribution in [1.29, 1.82) is 0 Å². The van der Waals surface area contributed by atoms with Gasteiger partial charge >= 0.3 is 13.3 Å². The summed E-state index contributed by atoms with van der Waals surface area (Å²) in [4.78, 5) is 150. The van der Waals surface area contributed by atoms with Crippen molar-refractivity contribution < 1.29 is 75.1 Å². The Morgan fingerprint density at radius 1 is 0.876 bits per heavy atom. The highest BCUT2D eigenvalue weighted by Gasteiger charge is 2.51. The molecule has 5 aliphatic rings. The number of halogens is 4. The fourth-order valence-corrected chi connectivity index (χ4v) is 14.1. The molecule has 8 N–H and O–H groups in total. The van der Waals surface area contributed by atoms with E-state index in [0.29, 0.717) is 38.0 Å². The number of hydrogen-bond acceptors (Lipinski definition) is 13. The first-order valence-corrected chi connectivity index (χ1v) is 32.3. The number of nitrogens with zero attached hydrogens (tertiary/aromatic N) is 5. The fraction of sp³-hybridized carbons (Fsp3) is 0.525. The summed E-state index contributed by atoms with van der Waals surface area (Å²) in [5, 5.41) is 10.6. The Hall–Kier alpha value is -7.32. The molecule has 480 valence electrons. The normalized spacial score (nSPS) is 21.2. The van der Waals surface area contributed by atoms with Crippen LogP contribution in [-0.4, -0.2) is 172 Å². The molecule has 0 radical (unpaired) electrons. The Kier molecular flexibility index (Phi) is 20.1. The predicted molar refractivity (Wildman–Crippen MR) is 321 cm³/mol. The Labute approximate surface area is 515 Å². The lowest BCUT2D eigenvalue weighted by Gasteiger charge is -2.39. The average molecular weight is 1280 g/mol. The lowest BCUT2D eigenvalue weighted by atomic mass is 9.86. The van der Waals surface area contributed by atoms with Crippen LogP contribution in [0.2, 0.25) is 0 Å². The number of likely N-dealkylation sites (tertiary alicyclic amines) is 1. The van der Waals surface area contributed by atoms with Gasteiger partial charge in [0.2, 0.25) is 41.4 Å². The maximum atomic E-state index is 14.8. The van der Waals surface area contributed by atoms with E-state index in [-0.39, 0.29) is 108 Å². The van der Waals surface area contributed by atoms with Gasteiger partial charge in [-0.1, -0.05) is 57.2 Å². The second kappa shape index (κ2) is 27.0. The largest absolute Gasteiger partial charge is 0.399 e. The molecule has 1 aromatic heterocycles. The highest BCUT2D eigenvalue weighted by molar-refractivity contribution is 7.52. The summed E-state index contributed by atoms with van der Waals surface area (Å²) >= 11 is 0.815. The van der Waals surface area contributed by atoms with Crippen molar-refractivity contribution >= 4 is 87.9 Å². The first kappa shape index (κ1) is 66.1. The van der Waals surface area contributed by atoms with Crippen LogP contribution in [0.3, 0.4) is 0 Å². The molecule has 9 rings (SSSR count). The van der Waals surface area contributed by atoms with E-state index < -0.39 is 110 Å². The number of nitrogens with two attached hydrogens (primary N) is 1. The Bertz CT molecular complexity index is 3450. The van der Waals surface area contributed by atoms with Crippen LogP contribution < -0.4 is 31.9 Å². The van der Waals surface area contributed by atoms with E-state index >= 15 is 0 Å². The number of hydrogen-bond donors (Lipinski definition) is 7. The number of imide groups is 1. The molecule has 1 unspecified atom stereocenters. The number of primary amides is 1. The summed E-state index contributed by atoms with van der Waals surface area (Å²) in [6.07, 6.45) is -0.579. The zero-order valence-corrected chi connectivity index (χ0v) is 51.6. The van der Waals surface area contributed by atoms with E-state index in [9.17, 15) is 75.1 Å². The minimum atomic E-state index is -5.94. The van der Waals surface area contributed by atoms with Crippen LogP contribution in [0.5, 0.6) is 0 Å². The highest BCUT2D eigenvalue weighted by atomic mass is 32.1. The van der Waals surface area contributed by atoms with E-state index in [1.807, 2.05) is 37.4 Å². The molecule has 0 spiro atoms. The molecular weight excluding hydrogens is 1200 g/mol. The van der Waals surface area contributed by atoms with Gasteiger partial charge in [0.1, 0.15) is 30.2 Å². The van der Waals surface area contributed by atoms with E-state index in [0.717, 1.165) is 58.3 Å². The van der Waals surface area contributed by atoms with Crippen LogP contribution in [0.15, 0.2) is 66.7 Å². The Balaban J connectivity index is 0.881. The summed E-state index contributed by atoms with van der Waals surface area (Å²) in [5.74, 6) is -5.40. The molecule has 22 nitrogen and oxygen atoms in total. The van der Waals surface area contributed by atoms with Crippen LogP contribution in [-0.2, 0) is 62.2 Å². The lowest BCUT2D eigenvalue weighted by Crippen LogP contribution is -2.62. The van der Waals surface area contributed by atoms with Gasteiger partial charge in [-0.2, -0.15) is 8.78 Å². The molecule has 4 aromatic rings. The average Bonchev–Trinajstić information content (AvgIpc) is 1.72. The molecule has 28 heteroatoms. The number of benzene rings is 3. The van der Waals surface area contributed by atoms with Gasteiger partial charge in [-0.3, -0.25) is 57.9 Å². The van der Waals surface area contributed by atoms with Crippen molar-refractivity contribution in [3.8, 4) is 0 Å². The third-order valence-corrected chi connectivity index (χ3v) is 19.8. The van der Waals surface area contributed by atoms with Crippen LogP contribution in [0, 0.1) is 5.92 Å². The van der Waals surface area contributed by atoms with Gasteiger partial charge < -0.3 is 51.1 Å². The number of anilines is 1.